The minimum absolute atomic E-state index is 0.991. The van der Waals surface area contributed by atoms with Gasteiger partial charge in [0.1, 0.15) is 0 Å². The molecule has 0 saturated carbocycles. The van der Waals surface area contributed by atoms with Crippen LogP contribution in [0.3, 0.4) is 0 Å². The van der Waals surface area contributed by atoms with E-state index < -0.39 is 0 Å². The van der Waals surface area contributed by atoms with Crippen LogP contribution in [0.1, 0.15) is 23.6 Å². The number of benzene rings is 2. The maximum atomic E-state index is 3.40. The Balaban J connectivity index is 2.16. The SMILES string of the molecule is CC#Cc1[c]c2c(cc1)-c1ccccc1C2. The van der Waals surface area contributed by atoms with Crippen molar-refractivity contribution in [2.24, 2.45) is 0 Å². The molecule has 0 atom stereocenters. The van der Waals surface area contributed by atoms with Crippen LogP contribution in [0.5, 0.6) is 0 Å². The second kappa shape index (κ2) is 3.54. The van der Waals surface area contributed by atoms with Crippen LogP contribution in [0.15, 0.2) is 36.4 Å². The van der Waals surface area contributed by atoms with Crippen molar-refractivity contribution in [1.29, 1.82) is 0 Å². The highest BCUT2D eigenvalue weighted by Crippen LogP contribution is 2.36. The van der Waals surface area contributed by atoms with Crippen molar-refractivity contribution in [2.75, 3.05) is 0 Å². The molecule has 0 N–H and O–H groups in total. The summed E-state index contributed by atoms with van der Waals surface area (Å²) in [5, 5.41) is 0. The average molecular weight is 203 g/mol. The van der Waals surface area contributed by atoms with Crippen LogP contribution in [0.25, 0.3) is 11.1 Å². The van der Waals surface area contributed by atoms with Crippen molar-refractivity contribution in [2.45, 2.75) is 13.3 Å². The second-order valence-electron chi connectivity index (χ2n) is 3.97. The van der Waals surface area contributed by atoms with E-state index in [1.807, 2.05) is 6.92 Å². The van der Waals surface area contributed by atoms with Crippen molar-refractivity contribution in [3.63, 3.8) is 0 Å². The van der Waals surface area contributed by atoms with Gasteiger partial charge in [0.05, 0.1) is 0 Å². The molecule has 0 heteroatoms. The van der Waals surface area contributed by atoms with E-state index in [-0.39, 0.29) is 0 Å². The third-order valence-corrected chi connectivity index (χ3v) is 2.96. The van der Waals surface area contributed by atoms with E-state index in [2.05, 4.69) is 54.3 Å². The highest BCUT2D eigenvalue weighted by Gasteiger charge is 2.17. The van der Waals surface area contributed by atoms with Gasteiger partial charge in [-0.2, -0.15) is 0 Å². The summed E-state index contributed by atoms with van der Waals surface area (Å²) in [5.41, 5.74) is 6.34. The molecule has 0 saturated heterocycles. The molecule has 1 radical (unpaired) electrons. The van der Waals surface area contributed by atoms with Gasteiger partial charge in [-0.1, -0.05) is 36.3 Å². The van der Waals surface area contributed by atoms with Gasteiger partial charge in [0.2, 0.25) is 0 Å². The quantitative estimate of drug-likeness (QED) is 0.491. The zero-order valence-electron chi connectivity index (χ0n) is 9.17. The Hall–Kier alpha value is -2.00. The Labute approximate surface area is 95.9 Å². The molecule has 0 aromatic heterocycles. The van der Waals surface area contributed by atoms with Gasteiger partial charge in [-0.15, -0.1) is 5.92 Å². The molecule has 0 bridgehead atoms. The number of rotatable bonds is 0. The lowest BCUT2D eigenvalue weighted by Crippen LogP contribution is -1.83. The first kappa shape index (κ1) is 9.24. The summed E-state index contributed by atoms with van der Waals surface area (Å²) in [6.45, 7) is 1.86. The summed E-state index contributed by atoms with van der Waals surface area (Å²) in [4.78, 5) is 0. The van der Waals surface area contributed by atoms with E-state index in [0.717, 1.165) is 12.0 Å². The predicted octanol–water partition coefficient (Wildman–Crippen LogP) is 3.43. The molecular formula is C16H11. The number of hydrogen-bond donors (Lipinski definition) is 0. The fraction of sp³-hybridized carbons (Fsp3) is 0.125. The summed E-state index contributed by atoms with van der Waals surface area (Å²) >= 11 is 0. The van der Waals surface area contributed by atoms with Gasteiger partial charge in [0.25, 0.3) is 0 Å². The lowest BCUT2D eigenvalue weighted by molar-refractivity contribution is 1.25. The largest absolute Gasteiger partial charge is 0.101 e. The summed E-state index contributed by atoms with van der Waals surface area (Å²) < 4.78 is 0. The van der Waals surface area contributed by atoms with Crippen molar-refractivity contribution >= 4 is 0 Å². The maximum absolute atomic E-state index is 3.40. The Morgan fingerprint density at radius 1 is 1.06 bits per heavy atom. The molecule has 0 unspecified atom stereocenters. The summed E-state index contributed by atoms with van der Waals surface area (Å²) in [7, 11) is 0. The van der Waals surface area contributed by atoms with E-state index in [1.165, 1.54) is 22.3 Å². The standard InChI is InChI=1S/C16H11/c1-2-5-12-8-9-16-14(10-12)11-13-6-3-4-7-15(13)16/h3-4,6-9H,11H2,1H3. The Morgan fingerprint density at radius 2 is 1.94 bits per heavy atom. The van der Waals surface area contributed by atoms with Crippen molar-refractivity contribution in [1.82, 2.24) is 0 Å². The summed E-state index contributed by atoms with van der Waals surface area (Å²) in [5.74, 6) is 5.97. The van der Waals surface area contributed by atoms with E-state index >= 15 is 0 Å². The van der Waals surface area contributed by atoms with E-state index in [9.17, 15) is 0 Å². The normalized spacial score (nSPS) is 11.3. The Morgan fingerprint density at radius 3 is 2.81 bits per heavy atom. The van der Waals surface area contributed by atoms with Crippen LogP contribution in [0.4, 0.5) is 0 Å². The lowest BCUT2D eigenvalue weighted by atomic mass is 10.0. The maximum Gasteiger partial charge on any atom is 0.0327 e. The molecule has 2 aromatic rings. The first-order valence-electron chi connectivity index (χ1n) is 5.45. The molecule has 0 spiro atoms. The van der Waals surface area contributed by atoms with Crippen LogP contribution >= 0.6 is 0 Å². The van der Waals surface area contributed by atoms with Gasteiger partial charge < -0.3 is 0 Å². The minimum atomic E-state index is 0.991. The van der Waals surface area contributed by atoms with E-state index in [1.54, 1.807) is 0 Å². The highest BCUT2D eigenvalue weighted by molar-refractivity contribution is 5.77. The van der Waals surface area contributed by atoms with Crippen LogP contribution in [0.2, 0.25) is 0 Å². The van der Waals surface area contributed by atoms with E-state index in [4.69, 9.17) is 0 Å². The zero-order valence-corrected chi connectivity index (χ0v) is 9.17. The van der Waals surface area contributed by atoms with Gasteiger partial charge in [0.15, 0.2) is 0 Å². The molecule has 0 amide bonds. The molecule has 0 heterocycles. The van der Waals surface area contributed by atoms with Crippen molar-refractivity contribution in [3.8, 4) is 23.0 Å². The Kier molecular flexibility index (Phi) is 2.04. The molecule has 0 nitrogen and oxygen atoms in total. The predicted molar refractivity (Wildman–Crippen MR) is 66.1 cm³/mol. The average Bonchev–Trinajstić information content (AvgIpc) is 2.67. The monoisotopic (exact) mass is 203 g/mol. The first-order chi connectivity index (χ1) is 7.88. The molecule has 1 aliphatic rings. The zero-order chi connectivity index (χ0) is 11.0. The van der Waals surface area contributed by atoms with Crippen molar-refractivity contribution in [3.05, 3.63) is 59.2 Å². The number of fused-ring (bicyclic) bond motifs is 3. The van der Waals surface area contributed by atoms with Crippen LogP contribution in [0, 0.1) is 17.9 Å². The van der Waals surface area contributed by atoms with Gasteiger partial charge in [-0.3, -0.25) is 0 Å². The smallest absolute Gasteiger partial charge is 0.0327 e. The fourth-order valence-corrected chi connectivity index (χ4v) is 2.27. The van der Waals surface area contributed by atoms with E-state index in [0.29, 0.717) is 0 Å². The fourth-order valence-electron chi connectivity index (χ4n) is 2.27. The summed E-state index contributed by atoms with van der Waals surface area (Å²) in [6.07, 6.45) is 0.991. The molecule has 3 rings (SSSR count). The first-order valence-corrected chi connectivity index (χ1v) is 5.45. The molecule has 0 fully saturated rings. The number of hydrogen-bond acceptors (Lipinski definition) is 0. The summed E-state index contributed by atoms with van der Waals surface area (Å²) in [6, 6.07) is 16.2. The molecule has 0 aliphatic heterocycles. The lowest BCUT2D eigenvalue weighted by Gasteiger charge is -1.99. The molecule has 16 heavy (non-hydrogen) atoms. The highest BCUT2D eigenvalue weighted by atomic mass is 14.2. The molecule has 1 aliphatic carbocycles. The third kappa shape index (κ3) is 1.33. The third-order valence-electron chi connectivity index (χ3n) is 2.96. The van der Waals surface area contributed by atoms with Gasteiger partial charge in [0, 0.05) is 11.6 Å². The topological polar surface area (TPSA) is 0 Å². The molecular weight excluding hydrogens is 192 g/mol. The van der Waals surface area contributed by atoms with Crippen LogP contribution in [-0.2, 0) is 6.42 Å². The molecule has 75 valence electrons. The minimum Gasteiger partial charge on any atom is -0.101 e. The van der Waals surface area contributed by atoms with Crippen LogP contribution in [-0.4, -0.2) is 0 Å². The Bertz CT molecular complexity index is 609. The van der Waals surface area contributed by atoms with Crippen LogP contribution < -0.4 is 0 Å². The van der Waals surface area contributed by atoms with Gasteiger partial charge in [-0.25, -0.2) is 0 Å². The molecule has 2 aromatic carbocycles. The second-order valence-corrected chi connectivity index (χ2v) is 3.97. The van der Waals surface area contributed by atoms with Gasteiger partial charge >= 0.3 is 0 Å². The van der Waals surface area contributed by atoms with Gasteiger partial charge in [-0.05, 0) is 41.7 Å². The van der Waals surface area contributed by atoms with Crippen molar-refractivity contribution < 1.29 is 0 Å².